The van der Waals surface area contributed by atoms with Crippen molar-refractivity contribution in [2.45, 2.75) is 12.5 Å². The van der Waals surface area contributed by atoms with E-state index in [2.05, 4.69) is 11.2 Å². The van der Waals surface area contributed by atoms with Crippen molar-refractivity contribution in [3.8, 4) is 12.3 Å². The zero-order valence-electron chi connectivity index (χ0n) is 8.71. The van der Waals surface area contributed by atoms with Crippen LogP contribution in [0.1, 0.15) is 18.1 Å². The van der Waals surface area contributed by atoms with Gasteiger partial charge in [-0.1, -0.05) is 0 Å². The molecule has 1 aromatic rings. The number of aliphatic hydroxyl groups excluding tert-OH is 1. The molecule has 2 N–H and O–H groups in total. The van der Waals surface area contributed by atoms with Gasteiger partial charge in [0.15, 0.2) is 0 Å². The van der Waals surface area contributed by atoms with Crippen LogP contribution in [0.5, 0.6) is 0 Å². The van der Waals surface area contributed by atoms with E-state index in [1.54, 1.807) is 0 Å². The van der Waals surface area contributed by atoms with Crippen molar-refractivity contribution in [3.05, 3.63) is 35.4 Å². The molecule has 0 aliphatic carbocycles. The van der Waals surface area contributed by atoms with Crippen molar-refractivity contribution in [1.29, 1.82) is 0 Å². The van der Waals surface area contributed by atoms with Gasteiger partial charge in [-0.2, -0.15) is 0 Å². The molecule has 0 radical (unpaired) electrons. The monoisotopic (exact) mass is 225 g/mol. The summed E-state index contributed by atoms with van der Waals surface area (Å²) in [7, 11) is 0. The third kappa shape index (κ3) is 3.61. The van der Waals surface area contributed by atoms with Crippen LogP contribution in [0.15, 0.2) is 18.2 Å². The average molecular weight is 225 g/mol. The highest BCUT2D eigenvalue weighted by molar-refractivity contribution is 5.21. The van der Waals surface area contributed by atoms with E-state index in [4.69, 9.17) is 6.42 Å². The molecular weight excluding hydrogens is 212 g/mol. The van der Waals surface area contributed by atoms with E-state index in [0.29, 0.717) is 13.0 Å². The molecule has 86 valence electrons. The van der Waals surface area contributed by atoms with E-state index in [0.717, 1.165) is 18.2 Å². The summed E-state index contributed by atoms with van der Waals surface area (Å²) >= 11 is 0. The SMILES string of the molecule is C#CCCNCC(O)c1cc(F)ccc1F. The second-order valence-corrected chi connectivity index (χ2v) is 3.34. The first-order valence-electron chi connectivity index (χ1n) is 4.92. The molecule has 0 bridgehead atoms. The maximum Gasteiger partial charge on any atom is 0.129 e. The van der Waals surface area contributed by atoms with Crippen molar-refractivity contribution in [3.63, 3.8) is 0 Å². The Balaban J connectivity index is 2.55. The van der Waals surface area contributed by atoms with E-state index in [9.17, 15) is 13.9 Å². The molecule has 0 amide bonds. The van der Waals surface area contributed by atoms with E-state index in [-0.39, 0.29) is 12.1 Å². The fourth-order valence-electron chi connectivity index (χ4n) is 1.28. The van der Waals surface area contributed by atoms with Gasteiger partial charge in [0, 0.05) is 25.1 Å². The number of halogens is 2. The molecule has 0 saturated heterocycles. The lowest BCUT2D eigenvalue weighted by molar-refractivity contribution is 0.170. The number of rotatable bonds is 5. The number of terminal acetylenes is 1. The second kappa shape index (κ2) is 6.21. The molecule has 2 nitrogen and oxygen atoms in total. The van der Waals surface area contributed by atoms with Gasteiger partial charge in [-0.15, -0.1) is 12.3 Å². The molecular formula is C12H13F2NO. The van der Waals surface area contributed by atoms with Gasteiger partial charge in [0.1, 0.15) is 11.6 Å². The molecule has 1 unspecified atom stereocenters. The number of hydrogen-bond acceptors (Lipinski definition) is 2. The number of hydrogen-bond donors (Lipinski definition) is 2. The third-order valence-electron chi connectivity index (χ3n) is 2.10. The summed E-state index contributed by atoms with van der Waals surface area (Å²) in [4.78, 5) is 0. The van der Waals surface area contributed by atoms with Crippen LogP contribution in [-0.4, -0.2) is 18.2 Å². The lowest BCUT2D eigenvalue weighted by Crippen LogP contribution is -2.23. The Bertz CT molecular complexity index is 387. The van der Waals surface area contributed by atoms with Crippen LogP contribution in [-0.2, 0) is 0 Å². The van der Waals surface area contributed by atoms with Gasteiger partial charge in [-0.3, -0.25) is 0 Å². The highest BCUT2D eigenvalue weighted by atomic mass is 19.1. The Morgan fingerprint density at radius 3 is 2.88 bits per heavy atom. The van der Waals surface area contributed by atoms with Crippen LogP contribution < -0.4 is 5.32 Å². The maximum absolute atomic E-state index is 13.2. The van der Waals surface area contributed by atoms with Crippen molar-refractivity contribution in [2.24, 2.45) is 0 Å². The quantitative estimate of drug-likeness (QED) is 0.589. The topological polar surface area (TPSA) is 32.3 Å². The molecule has 1 atom stereocenters. The zero-order chi connectivity index (χ0) is 12.0. The second-order valence-electron chi connectivity index (χ2n) is 3.34. The van der Waals surface area contributed by atoms with Gasteiger partial charge in [-0.05, 0) is 18.2 Å². The van der Waals surface area contributed by atoms with Crippen molar-refractivity contribution < 1.29 is 13.9 Å². The Morgan fingerprint density at radius 1 is 1.44 bits per heavy atom. The average Bonchev–Trinajstić information content (AvgIpc) is 2.27. The van der Waals surface area contributed by atoms with Crippen molar-refractivity contribution >= 4 is 0 Å². The summed E-state index contributed by atoms with van der Waals surface area (Å²) in [6.07, 6.45) is 4.49. The first-order chi connectivity index (χ1) is 7.65. The molecule has 0 aliphatic rings. The molecule has 16 heavy (non-hydrogen) atoms. The normalized spacial score (nSPS) is 12.1. The summed E-state index contributed by atoms with van der Waals surface area (Å²) in [6, 6.07) is 3.00. The third-order valence-corrected chi connectivity index (χ3v) is 2.10. The summed E-state index contributed by atoms with van der Waals surface area (Å²) in [6.45, 7) is 0.673. The first-order valence-corrected chi connectivity index (χ1v) is 4.92. The summed E-state index contributed by atoms with van der Waals surface area (Å²) in [5, 5.41) is 12.5. The largest absolute Gasteiger partial charge is 0.387 e. The number of benzene rings is 1. The van der Waals surface area contributed by atoms with Gasteiger partial charge < -0.3 is 10.4 Å². The van der Waals surface area contributed by atoms with Crippen LogP contribution in [0.4, 0.5) is 8.78 Å². The molecule has 0 heterocycles. The number of aliphatic hydroxyl groups is 1. The Labute approximate surface area is 93.3 Å². The van der Waals surface area contributed by atoms with E-state index in [1.807, 2.05) is 0 Å². The minimum absolute atomic E-state index is 0.0480. The highest BCUT2D eigenvalue weighted by Gasteiger charge is 2.12. The van der Waals surface area contributed by atoms with Crippen LogP contribution >= 0.6 is 0 Å². The smallest absolute Gasteiger partial charge is 0.129 e. The molecule has 0 aliphatic heterocycles. The van der Waals surface area contributed by atoms with Crippen LogP contribution in [0, 0.1) is 24.0 Å². The van der Waals surface area contributed by atoms with Gasteiger partial charge in [-0.25, -0.2) is 8.78 Å². The fraction of sp³-hybridized carbons (Fsp3) is 0.333. The van der Waals surface area contributed by atoms with Gasteiger partial charge >= 0.3 is 0 Å². The van der Waals surface area contributed by atoms with Crippen LogP contribution in [0.2, 0.25) is 0 Å². The van der Waals surface area contributed by atoms with Gasteiger partial charge in [0.2, 0.25) is 0 Å². The predicted molar refractivity (Wildman–Crippen MR) is 57.6 cm³/mol. The molecule has 1 rings (SSSR count). The van der Waals surface area contributed by atoms with Gasteiger partial charge in [0.25, 0.3) is 0 Å². The number of nitrogens with one attached hydrogen (secondary N) is 1. The Hall–Kier alpha value is -1.44. The van der Waals surface area contributed by atoms with E-state index < -0.39 is 17.7 Å². The summed E-state index contributed by atoms with van der Waals surface area (Å²) in [5.41, 5.74) is -0.0480. The molecule has 0 saturated carbocycles. The van der Waals surface area contributed by atoms with E-state index >= 15 is 0 Å². The highest BCUT2D eigenvalue weighted by Crippen LogP contribution is 2.17. The molecule has 0 fully saturated rings. The maximum atomic E-state index is 13.2. The van der Waals surface area contributed by atoms with Crippen molar-refractivity contribution in [1.82, 2.24) is 5.32 Å². The summed E-state index contributed by atoms with van der Waals surface area (Å²) < 4.78 is 26.0. The fourth-order valence-corrected chi connectivity index (χ4v) is 1.28. The Kier molecular flexibility index (Phi) is 4.90. The minimum Gasteiger partial charge on any atom is -0.387 e. The zero-order valence-corrected chi connectivity index (χ0v) is 8.71. The Morgan fingerprint density at radius 2 is 2.19 bits per heavy atom. The van der Waals surface area contributed by atoms with E-state index in [1.165, 1.54) is 0 Å². The predicted octanol–water partition coefficient (Wildman–Crippen LogP) is 1.61. The molecule has 4 heteroatoms. The van der Waals surface area contributed by atoms with Crippen molar-refractivity contribution in [2.75, 3.05) is 13.1 Å². The lowest BCUT2D eigenvalue weighted by atomic mass is 10.1. The molecule has 1 aromatic carbocycles. The minimum atomic E-state index is -1.08. The lowest BCUT2D eigenvalue weighted by Gasteiger charge is -2.12. The molecule has 0 aromatic heterocycles. The van der Waals surface area contributed by atoms with Crippen LogP contribution in [0.3, 0.4) is 0 Å². The standard InChI is InChI=1S/C12H13F2NO/c1-2-3-6-15-8-12(16)10-7-9(13)4-5-11(10)14/h1,4-5,7,12,15-16H,3,6,8H2. The van der Waals surface area contributed by atoms with Gasteiger partial charge in [0.05, 0.1) is 6.10 Å². The summed E-state index contributed by atoms with van der Waals surface area (Å²) in [5.74, 6) is 1.24. The first kappa shape index (κ1) is 12.6. The van der Waals surface area contributed by atoms with Crippen LogP contribution in [0.25, 0.3) is 0 Å². The molecule has 0 spiro atoms.